The second kappa shape index (κ2) is 11.4. The van der Waals surface area contributed by atoms with Gasteiger partial charge in [-0.15, -0.1) is 11.3 Å². The first kappa shape index (κ1) is 28.4. The number of nitrogen functional groups attached to an aromatic ring is 1. The molecule has 1 aliphatic rings. The maximum atomic E-state index is 13.2. The average molecular weight is 549 g/mol. The summed E-state index contributed by atoms with van der Waals surface area (Å²) in [6.45, 7) is 1.64. The highest BCUT2D eigenvalue weighted by Crippen LogP contribution is 2.30. The van der Waals surface area contributed by atoms with Crippen molar-refractivity contribution in [1.29, 1.82) is 0 Å². The summed E-state index contributed by atoms with van der Waals surface area (Å²) in [6.07, 6.45) is 0.0162. The molecule has 2 heterocycles. The number of thiazole rings is 1. The van der Waals surface area contributed by atoms with Gasteiger partial charge in [-0.2, -0.15) is 0 Å². The normalized spacial score (nSPS) is 16.1. The SMILES string of the molecule is CC(C)(O/N=C(\C(=O)NC1Cc2cccc(C(=O)O)c2OB1O)c1csc(N)n1)C(=O)N[C@@H](CO)C(=O)O. The Labute approximate surface area is 219 Å². The summed E-state index contributed by atoms with van der Waals surface area (Å²) in [7, 11) is -1.61. The van der Waals surface area contributed by atoms with Crippen molar-refractivity contribution in [2.24, 2.45) is 5.16 Å². The van der Waals surface area contributed by atoms with Crippen LogP contribution < -0.4 is 21.0 Å². The Balaban J connectivity index is 1.83. The molecular weight excluding hydrogens is 525 g/mol. The molecule has 3 rings (SSSR count). The van der Waals surface area contributed by atoms with Gasteiger partial charge in [0.15, 0.2) is 10.8 Å². The minimum absolute atomic E-state index is 0.0141. The van der Waals surface area contributed by atoms with Crippen molar-refractivity contribution in [2.45, 2.75) is 37.9 Å². The van der Waals surface area contributed by atoms with E-state index >= 15 is 0 Å². The lowest BCUT2D eigenvalue weighted by atomic mass is 9.72. The fourth-order valence-electron chi connectivity index (χ4n) is 3.27. The molecular formula is C21H24BN5O10S. The van der Waals surface area contributed by atoms with Crippen LogP contribution in [0.15, 0.2) is 28.7 Å². The minimum Gasteiger partial charge on any atom is -0.534 e. The maximum absolute atomic E-state index is 13.2. The van der Waals surface area contributed by atoms with E-state index in [1.54, 1.807) is 6.07 Å². The number of nitrogens with two attached hydrogens (primary N) is 1. The van der Waals surface area contributed by atoms with Crippen LogP contribution in [0.25, 0.3) is 0 Å². The van der Waals surface area contributed by atoms with Crippen molar-refractivity contribution >= 4 is 53.1 Å². The van der Waals surface area contributed by atoms with E-state index in [0.717, 1.165) is 11.3 Å². The predicted molar refractivity (Wildman–Crippen MR) is 133 cm³/mol. The Morgan fingerprint density at radius 2 is 2.05 bits per heavy atom. The maximum Gasteiger partial charge on any atom is 0.547 e. The van der Waals surface area contributed by atoms with Crippen molar-refractivity contribution in [1.82, 2.24) is 15.6 Å². The molecule has 17 heteroatoms. The Hall–Kier alpha value is -4.22. The molecule has 0 saturated heterocycles. The van der Waals surface area contributed by atoms with Crippen LogP contribution in [0.3, 0.4) is 0 Å². The Morgan fingerprint density at radius 3 is 2.63 bits per heavy atom. The number of carbonyl (C=O) groups excluding carboxylic acids is 2. The number of amides is 2. The van der Waals surface area contributed by atoms with Gasteiger partial charge in [-0.1, -0.05) is 17.3 Å². The molecule has 0 aliphatic carbocycles. The summed E-state index contributed by atoms with van der Waals surface area (Å²) in [5, 5.41) is 47.9. The number of carboxylic acid groups (broad SMARTS) is 2. The highest BCUT2D eigenvalue weighted by molar-refractivity contribution is 7.13. The lowest BCUT2D eigenvalue weighted by Gasteiger charge is -2.29. The molecule has 0 saturated carbocycles. The van der Waals surface area contributed by atoms with E-state index in [9.17, 15) is 29.3 Å². The van der Waals surface area contributed by atoms with Gasteiger partial charge in [-0.25, -0.2) is 14.6 Å². The third-order valence-corrected chi connectivity index (χ3v) is 6.02. The zero-order valence-corrected chi connectivity index (χ0v) is 20.9. The Kier molecular flexibility index (Phi) is 8.54. The fraction of sp³-hybridized carbons (Fsp3) is 0.333. The molecule has 1 aliphatic heterocycles. The number of aliphatic hydroxyl groups is 1. The summed E-state index contributed by atoms with van der Waals surface area (Å²) in [5.74, 6) is -5.60. The van der Waals surface area contributed by atoms with Crippen LogP contribution in [-0.4, -0.2) is 86.1 Å². The second-order valence-electron chi connectivity index (χ2n) is 8.55. The molecule has 202 valence electrons. The Morgan fingerprint density at radius 1 is 1.34 bits per heavy atom. The number of aliphatic carboxylic acids is 1. The van der Waals surface area contributed by atoms with Crippen molar-refractivity contribution in [3.05, 3.63) is 40.4 Å². The largest absolute Gasteiger partial charge is 0.547 e. The summed E-state index contributed by atoms with van der Waals surface area (Å²) >= 11 is 0.994. The van der Waals surface area contributed by atoms with Crippen LogP contribution in [0.1, 0.15) is 35.5 Å². The van der Waals surface area contributed by atoms with E-state index in [2.05, 4.69) is 20.8 Å². The number of benzene rings is 1. The minimum atomic E-state index is -1.80. The molecule has 2 amide bonds. The number of rotatable bonds is 10. The smallest absolute Gasteiger partial charge is 0.534 e. The van der Waals surface area contributed by atoms with Gasteiger partial charge in [-0.05, 0) is 31.9 Å². The average Bonchev–Trinajstić information content (AvgIpc) is 3.27. The first-order valence-corrected chi connectivity index (χ1v) is 11.8. The van der Waals surface area contributed by atoms with Gasteiger partial charge in [0, 0.05) is 5.38 Å². The molecule has 0 bridgehead atoms. The molecule has 1 aromatic carbocycles. The quantitative estimate of drug-likeness (QED) is 0.103. The zero-order chi connectivity index (χ0) is 28.2. The topological polar surface area (TPSA) is 243 Å². The number of aliphatic hydroxyl groups excluding tert-OH is 1. The van der Waals surface area contributed by atoms with Crippen LogP contribution in [0.5, 0.6) is 5.75 Å². The summed E-state index contributed by atoms with van der Waals surface area (Å²) in [5.41, 5.74) is 3.73. The van der Waals surface area contributed by atoms with Crippen molar-refractivity contribution in [3.8, 4) is 5.75 Å². The number of hydrogen-bond acceptors (Lipinski definition) is 12. The van der Waals surface area contributed by atoms with Gasteiger partial charge in [0.2, 0.25) is 5.60 Å². The lowest BCUT2D eigenvalue weighted by Crippen LogP contribution is -2.55. The van der Waals surface area contributed by atoms with Gasteiger partial charge in [0.1, 0.15) is 17.5 Å². The molecule has 1 unspecified atom stereocenters. The van der Waals surface area contributed by atoms with E-state index in [1.165, 1.54) is 31.4 Å². The van der Waals surface area contributed by atoms with Crippen molar-refractivity contribution in [2.75, 3.05) is 12.3 Å². The summed E-state index contributed by atoms with van der Waals surface area (Å²) < 4.78 is 5.37. The number of hydrogen-bond donors (Lipinski definition) is 7. The summed E-state index contributed by atoms with van der Waals surface area (Å²) in [4.78, 5) is 57.5. The van der Waals surface area contributed by atoms with Gasteiger partial charge in [-0.3, -0.25) is 9.59 Å². The predicted octanol–water partition coefficient (Wildman–Crippen LogP) is -1.38. The van der Waals surface area contributed by atoms with E-state index in [-0.39, 0.29) is 28.6 Å². The molecule has 0 spiro atoms. The zero-order valence-electron chi connectivity index (χ0n) is 20.1. The number of carboxylic acids is 2. The van der Waals surface area contributed by atoms with Gasteiger partial charge >= 0.3 is 19.1 Å². The second-order valence-corrected chi connectivity index (χ2v) is 9.44. The van der Waals surface area contributed by atoms with Crippen LogP contribution >= 0.6 is 11.3 Å². The number of para-hydroxylation sites is 1. The molecule has 2 atom stereocenters. The molecule has 15 nitrogen and oxygen atoms in total. The number of carbonyl (C=O) groups is 4. The lowest BCUT2D eigenvalue weighted by molar-refractivity contribution is -0.150. The number of oxime groups is 1. The highest BCUT2D eigenvalue weighted by Gasteiger charge is 2.39. The van der Waals surface area contributed by atoms with Crippen molar-refractivity contribution in [3.63, 3.8) is 0 Å². The van der Waals surface area contributed by atoms with Gasteiger partial charge in [0.25, 0.3) is 11.8 Å². The van der Waals surface area contributed by atoms with Gasteiger partial charge in [0.05, 0.1) is 18.1 Å². The summed E-state index contributed by atoms with van der Waals surface area (Å²) in [6, 6.07) is 2.82. The van der Waals surface area contributed by atoms with E-state index in [1.807, 2.05) is 0 Å². The number of aromatic carboxylic acids is 1. The number of anilines is 1. The standard InChI is InChI=1S/C21H24BN5O10S/c1-21(2,19(34)24-11(7-28)18(32)33)37-27-14(12-8-38-20(23)25-12)16(29)26-13-6-9-4-3-5-10(17(30)31)15(9)36-22(13)35/h3-5,8,11,13,28,35H,6-7H2,1-2H3,(H2,23,25)(H,24,34)(H,26,29)(H,30,31)(H,32,33)/b27-14-/t11-,13?/m0/s1. The molecule has 2 aromatic rings. The van der Waals surface area contributed by atoms with Crippen molar-refractivity contribution < 1.29 is 49.0 Å². The van der Waals surface area contributed by atoms with E-state index in [4.69, 9.17) is 25.4 Å². The van der Waals surface area contributed by atoms with Crippen LogP contribution in [0, 0.1) is 0 Å². The first-order valence-electron chi connectivity index (χ1n) is 11.0. The van der Waals surface area contributed by atoms with Crippen LogP contribution in [0.4, 0.5) is 5.13 Å². The third kappa shape index (κ3) is 6.37. The molecule has 38 heavy (non-hydrogen) atoms. The number of fused-ring (bicyclic) bond motifs is 1. The molecule has 1 aromatic heterocycles. The van der Waals surface area contributed by atoms with Crippen LogP contribution in [-0.2, 0) is 25.6 Å². The molecule has 0 fully saturated rings. The van der Waals surface area contributed by atoms with Gasteiger partial charge < -0.3 is 46.2 Å². The van der Waals surface area contributed by atoms with E-state index < -0.39 is 60.8 Å². The highest BCUT2D eigenvalue weighted by atomic mass is 32.1. The Bertz CT molecular complexity index is 1280. The number of nitrogens with zero attached hydrogens (tertiary/aromatic N) is 2. The third-order valence-electron chi connectivity index (χ3n) is 5.34. The monoisotopic (exact) mass is 549 g/mol. The first-order chi connectivity index (χ1) is 17.8. The van der Waals surface area contributed by atoms with E-state index in [0.29, 0.717) is 5.56 Å². The fourth-order valence-corrected chi connectivity index (χ4v) is 3.82. The molecule has 8 N–H and O–H groups in total. The molecule has 0 radical (unpaired) electrons. The van der Waals surface area contributed by atoms with Crippen LogP contribution in [0.2, 0.25) is 0 Å². The number of nitrogens with one attached hydrogen (secondary N) is 2. The number of aromatic nitrogens is 1.